The first-order valence-corrected chi connectivity index (χ1v) is 9.70. The molecule has 0 amide bonds. The molecule has 32 heavy (non-hydrogen) atoms. The molecular formula is C23H15F3N6. The minimum Gasteiger partial charge on any atom is -0.353 e. The smallest absolute Gasteiger partial charge is 0.353 e. The number of alkyl halides is 3. The van der Waals surface area contributed by atoms with Crippen molar-refractivity contribution in [1.29, 1.82) is 0 Å². The van der Waals surface area contributed by atoms with Gasteiger partial charge in [-0.25, -0.2) is 15.0 Å². The molecule has 4 heterocycles. The number of halogens is 3. The highest BCUT2D eigenvalue weighted by Gasteiger charge is 2.43. The van der Waals surface area contributed by atoms with Crippen molar-refractivity contribution in [1.82, 2.24) is 24.9 Å². The summed E-state index contributed by atoms with van der Waals surface area (Å²) in [5.41, 5.74) is 1.92. The normalized spacial score (nSPS) is 12.7. The molecule has 0 aliphatic heterocycles. The maximum Gasteiger partial charge on any atom is 0.412 e. The highest BCUT2D eigenvalue weighted by atomic mass is 19.4. The number of hydrogen-bond acceptors (Lipinski definition) is 6. The van der Waals surface area contributed by atoms with Gasteiger partial charge >= 0.3 is 6.18 Å². The lowest BCUT2D eigenvalue weighted by atomic mass is 9.98. The third-order valence-corrected chi connectivity index (χ3v) is 5.00. The van der Waals surface area contributed by atoms with Crippen LogP contribution in [0.1, 0.15) is 11.6 Å². The Hall–Kier alpha value is -4.14. The average Bonchev–Trinajstić information content (AvgIpc) is 2.81. The Morgan fingerprint density at radius 1 is 0.844 bits per heavy atom. The Morgan fingerprint density at radius 3 is 2.47 bits per heavy atom. The van der Waals surface area contributed by atoms with E-state index in [0.717, 1.165) is 0 Å². The van der Waals surface area contributed by atoms with Gasteiger partial charge in [-0.1, -0.05) is 18.2 Å². The number of nitrogens with zero attached hydrogens (tertiary/aromatic N) is 5. The van der Waals surface area contributed by atoms with Crippen LogP contribution in [0.4, 0.5) is 19.0 Å². The lowest BCUT2D eigenvalue weighted by Crippen LogP contribution is -2.29. The van der Waals surface area contributed by atoms with Gasteiger partial charge in [0.25, 0.3) is 0 Å². The van der Waals surface area contributed by atoms with Gasteiger partial charge in [0.2, 0.25) is 0 Å². The highest BCUT2D eigenvalue weighted by molar-refractivity contribution is 5.86. The fourth-order valence-electron chi connectivity index (χ4n) is 3.56. The van der Waals surface area contributed by atoms with Crippen LogP contribution in [0.2, 0.25) is 0 Å². The molecule has 0 spiro atoms. The van der Waals surface area contributed by atoms with Crippen molar-refractivity contribution in [3.63, 3.8) is 0 Å². The Bertz CT molecular complexity index is 1400. The molecule has 5 aromatic rings. The van der Waals surface area contributed by atoms with Crippen molar-refractivity contribution in [2.75, 3.05) is 5.32 Å². The number of aromatic nitrogens is 5. The van der Waals surface area contributed by atoms with Gasteiger partial charge in [0.15, 0.2) is 11.9 Å². The Kier molecular flexibility index (Phi) is 4.85. The van der Waals surface area contributed by atoms with Crippen molar-refractivity contribution in [2.24, 2.45) is 0 Å². The SMILES string of the molecule is FC(F)(F)[C@H](Nc1ncnc2cccnc12)c1cc2ccccc2nc1-c1cccnc1. The molecule has 0 aliphatic carbocycles. The zero-order valence-corrected chi connectivity index (χ0v) is 16.5. The molecule has 5 rings (SSSR count). The molecule has 4 aromatic heterocycles. The summed E-state index contributed by atoms with van der Waals surface area (Å²) in [5, 5.41) is 3.15. The number of benzene rings is 1. The van der Waals surface area contributed by atoms with E-state index in [1.54, 1.807) is 54.7 Å². The van der Waals surface area contributed by atoms with E-state index in [-0.39, 0.29) is 22.6 Å². The number of anilines is 1. The second-order valence-corrected chi connectivity index (χ2v) is 7.07. The van der Waals surface area contributed by atoms with Gasteiger partial charge in [-0.3, -0.25) is 9.97 Å². The van der Waals surface area contributed by atoms with Crippen molar-refractivity contribution in [3.8, 4) is 11.3 Å². The number of nitrogens with one attached hydrogen (secondary N) is 1. The van der Waals surface area contributed by atoms with Crippen LogP contribution < -0.4 is 5.32 Å². The van der Waals surface area contributed by atoms with Gasteiger partial charge in [-0.05, 0) is 36.4 Å². The van der Waals surface area contributed by atoms with Crippen LogP contribution in [-0.4, -0.2) is 31.1 Å². The first-order chi connectivity index (χ1) is 15.5. The van der Waals surface area contributed by atoms with Crippen LogP contribution in [-0.2, 0) is 0 Å². The zero-order valence-electron chi connectivity index (χ0n) is 16.5. The van der Waals surface area contributed by atoms with Crippen LogP contribution in [0.5, 0.6) is 0 Å². The van der Waals surface area contributed by atoms with Crippen molar-refractivity contribution in [2.45, 2.75) is 12.2 Å². The van der Waals surface area contributed by atoms with E-state index in [2.05, 4.69) is 30.2 Å². The van der Waals surface area contributed by atoms with Gasteiger partial charge < -0.3 is 5.32 Å². The van der Waals surface area contributed by atoms with E-state index in [4.69, 9.17) is 0 Å². The van der Waals surface area contributed by atoms with Crippen molar-refractivity contribution >= 4 is 27.8 Å². The first-order valence-electron chi connectivity index (χ1n) is 9.70. The summed E-state index contributed by atoms with van der Waals surface area (Å²) in [4.78, 5) is 20.9. The number of rotatable bonds is 4. The molecule has 158 valence electrons. The molecule has 0 bridgehead atoms. The monoisotopic (exact) mass is 432 g/mol. The van der Waals surface area contributed by atoms with Crippen LogP contribution in [0.15, 0.2) is 79.5 Å². The van der Waals surface area contributed by atoms with E-state index < -0.39 is 12.2 Å². The molecule has 0 unspecified atom stereocenters. The second kappa shape index (κ2) is 7.84. The van der Waals surface area contributed by atoms with Gasteiger partial charge in [0, 0.05) is 35.1 Å². The van der Waals surface area contributed by atoms with Crippen LogP contribution >= 0.6 is 0 Å². The highest BCUT2D eigenvalue weighted by Crippen LogP contribution is 2.40. The molecule has 0 saturated heterocycles. The predicted octanol–water partition coefficient (Wildman–Crippen LogP) is 5.35. The largest absolute Gasteiger partial charge is 0.412 e. The van der Waals surface area contributed by atoms with E-state index in [1.807, 2.05) is 0 Å². The summed E-state index contributed by atoms with van der Waals surface area (Å²) in [5.74, 6) is -0.0109. The molecule has 9 heteroatoms. The van der Waals surface area contributed by atoms with E-state index in [0.29, 0.717) is 22.0 Å². The van der Waals surface area contributed by atoms with Crippen LogP contribution in [0.25, 0.3) is 33.2 Å². The minimum atomic E-state index is -4.65. The molecule has 6 nitrogen and oxygen atoms in total. The maximum atomic E-state index is 14.4. The Labute approximate surface area is 180 Å². The van der Waals surface area contributed by atoms with Gasteiger partial charge in [-0.2, -0.15) is 13.2 Å². The molecule has 0 fully saturated rings. The topological polar surface area (TPSA) is 76.5 Å². The molecular weight excluding hydrogens is 417 g/mol. The second-order valence-electron chi connectivity index (χ2n) is 7.07. The van der Waals surface area contributed by atoms with Crippen molar-refractivity contribution in [3.05, 3.63) is 85.1 Å². The third kappa shape index (κ3) is 3.68. The molecule has 1 atom stereocenters. The summed E-state index contributed by atoms with van der Waals surface area (Å²) in [7, 11) is 0. The minimum absolute atomic E-state index is 0.0109. The van der Waals surface area contributed by atoms with Gasteiger partial charge in [0.1, 0.15) is 11.8 Å². The van der Waals surface area contributed by atoms with Crippen molar-refractivity contribution < 1.29 is 13.2 Å². The number of hydrogen-bond donors (Lipinski definition) is 1. The van der Waals surface area contributed by atoms with Gasteiger partial charge in [-0.15, -0.1) is 0 Å². The summed E-state index contributed by atoms with van der Waals surface area (Å²) < 4.78 is 43.3. The summed E-state index contributed by atoms with van der Waals surface area (Å²) >= 11 is 0. The van der Waals surface area contributed by atoms with E-state index in [1.165, 1.54) is 24.8 Å². The quantitative estimate of drug-likeness (QED) is 0.413. The van der Waals surface area contributed by atoms with E-state index in [9.17, 15) is 13.2 Å². The average molecular weight is 432 g/mol. The lowest BCUT2D eigenvalue weighted by molar-refractivity contribution is -0.143. The maximum absolute atomic E-state index is 14.4. The fourth-order valence-corrected chi connectivity index (χ4v) is 3.56. The molecule has 0 saturated carbocycles. The zero-order chi connectivity index (χ0) is 22.1. The molecule has 1 N–H and O–H groups in total. The number of para-hydroxylation sites is 1. The summed E-state index contributed by atoms with van der Waals surface area (Å²) in [6.07, 6.45) is 1.10. The Morgan fingerprint density at radius 2 is 1.66 bits per heavy atom. The fraction of sp³-hybridized carbons (Fsp3) is 0.0870. The van der Waals surface area contributed by atoms with Crippen LogP contribution in [0, 0.1) is 0 Å². The molecule has 0 aliphatic rings. The van der Waals surface area contributed by atoms with Crippen LogP contribution in [0.3, 0.4) is 0 Å². The molecule has 0 radical (unpaired) electrons. The van der Waals surface area contributed by atoms with E-state index >= 15 is 0 Å². The summed E-state index contributed by atoms with van der Waals surface area (Å²) in [6, 6.07) is 13.1. The summed E-state index contributed by atoms with van der Waals surface area (Å²) in [6.45, 7) is 0. The standard InChI is InChI=1S/C23H15F3N6/c24-23(25,26)21(32-22-20-18(29-13-30-22)8-4-10-28-20)16-11-14-5-1-2-7-17(14)31-19(16)15-6-3-9-27-12-15/h1-13,21H,(H,29,30,32)/t21-/m1/s1. The lowest BCUT2D eigenvalue weighted by Gasteiger charge is -2.25. The predicted molar refractivity (Wildman–Crippen MR) is 115 cm³/mol. The van der Waals surface area contributed by atoms with Gasteiger partial charge in [0.05, 0.1) is 16.7 Å². The number of fused-ring (bicyclic) bond motifs is 2. The Balaban J connectivity index is 1.72. The first kappa shape index (κ1) is 19.8. The molecule has 1 aromatic carbocycles. The number of pyridine rings is 3. The third-order valence-electron chi connectivity index (χ3n) is 5.00.